The van der Waals surface area contributed by atoms with Gasteiger partial charge in [0.15, 0.2) is 0 Å². The topological polar surface area (TPSA) is 43.4 Å². The number of hydrogen-bond donors (Lipinski definition) is 0. The van der Waals surface area contributed by atoms with Crippen molar-refractivity contribution >= 4 is 11.9 Å². The quantitative estimate of drug-likeness (QED) is 0.259. The molecule has 0 spiro atoms. The molecule has 22 heavy (non-hydrogen) atoms. The van der Waals surface area contributed by atoms with E-state index in [2.05, 4.69) is 11.7 Å². The number of carbonyl (C=O) groups is 2. The molecule has 1 rings (SSSR count). The highest BCUT2D eigenvalue weighted by Crippen LogP contribution is 2.28. The third-order valence-electron chi connectivity index (χ3n) is 4.85. The van der Waals surface area contributed by atoms with E-state index in [1.54, 1.807) is 6.92 Å². The number of rotatable bonds is 13. The number of unbranched alkanes of at least 4 members (excludes halogenated alkanes) is 11. The maximum Gasteiger partial charge on any atom is 0.317 e. The lowest BCUT2D eigenvalue weighted by Gasteiger charge is -2.08. The van der Waals surface area contributed by atoms with Crippen LogP contribution in [0.1, 0.15) is 97.3 Å². The standard InChI is InChI=1S/C19H34O3/c1-3-4-5-6-7-8-9-10-11-12-13-14-15-17-16(2)18(20)22-19(17)21/h16-17H,3-15H2,1-2H3. The third kappa shape index (κ3) is 7.42. The Hall–Kier alpha value is -0.860. The summed E-state index contributed by atoms with van der Waals surface area (Å²) in [4.78, 5) is 22.8. The Kier molecular flexibility index (Phi) is 10.2. The summed E-state index contributed by atoms with van der Waals surface area (Å²) in [5, 5.41) is 0. The van der Waals surface area contributed by atoms with Crippen LogP contribution in [0.15, 0.2) is 0 Å². The molecule has 2 atom stereocenters. The maximum absolute atomic E-state index is 11.5. The second kappa shape index (κ2) is 11.7. The molecule has 1 fully saturated rings. The van der Waals surface area contributed by atoms with Crippen molar-refractivity contribution in [2.75, 3.05) is 0 Å². The third-order valence-corrected chi connectivity index (χ3v) is 4.85. The van der Waals surface area contributed by atoms with E-state index in [0.29, 0.717) is 0 Å². The first kappa shape index (κ1) is 19.2. The minimum Gasteiger partial charge on any atom is -0.393 e. The molecule has 0 amide bonds. The first-order chi connectivity index (χ1) is 10.7. The van der Waals surface area contributed by atoms with Gasteiger partial charge in [0.2, 0.25) is 0 Å². The van der Waals surface area contributed by atoms with Gasteiger partial charge in [0.1, 0.15) is 0 Å². The minimum atomic E-state index is -0.339. The van der Waals surface area contributed by atoms with E-state index in [4.69, 9.17) is 0 Å². The SMILES string of the molecule is CCCCCCCCCCCCCCC1C(=O)OC(=O)C1C. The zero-order valence-corrected chi connectivity index (χ0v) is 14.6. The Morgan fingerprint density at radius 2 is 1.18 bits per heavy atom. The van der Waals surface area contributed by atoms with Crippen LogP contribution in [-0.2, 0) is 14.3 Å². The second-order valence-corrected chi connectivity index (χ2v) is 6.81. The molecule has 0 radical (unpaired) electrons. The van der Waals surface area contributed by atoms with Crippen molar-refractivity contribution in [1.82, 2.24) is 0 Å². The molecule has 0 N–H and O–H groups in total. The number of cyclic esters (lactones) is 2. The fraction of sp³-hybridized carbons (Fsp3) is 0.895. The zero-order chi connectivity index (χ0) is 16.2. The molecular formula is C19H34O3. The first-order valence-electron chi connectivity index (χ1n) is 9.42. The van der Waals surface area contributed by atoms with Gasteiger partial charge in [-0.1, -0.05) is 90.9 Å². The van der Waals surface area contributed by atoms with Gasteiger partial charge in [-0.2, -0.15) is 0 Å². The van der Waals surface area contributed by atoms with Gasteiger partial charge in [-0.15, -0.1) is 0 Å². The smallest absolute Gasteiger partial charge is 0.317 e. The Morgan fingerprint density at radius 3 is 1.59 bits per heavy atom. The molecule has 0 aromatic heterocycles. The van der Waals surface area contributed by atoms with E-state index < -0.39 is 0 Å². The van der Waals surface area contributed by atoms with Gasteiger partial charge in [-0.25, -0.2) is 0 Å². The number of carbonyl (C=O) groups excluding carboxylic acids is 2. The fourth-order valence-corrected chi connectivity index (χ4v) is 3.21. The van der Waals surface area contributed by atoms with Gasteiger partial charge in [-0.3, -0.25) is 9.59 Å². The second-order valence-electron chi connectivity index (χ2n) is 6.81. The Morgan fingerprint density at radius 1 is 0.727 bits per heavy atom. The molecule has 0 aromatic carbocycles. The molecular weight excluding hydrogens is 276 g/mol. The lowest BCUT2D eigenvalue weighted by Crippen LogP contribution is -2.14. The maximum atomic E-state index is 11.5. The lowest BCUT2D eigenvalue weighted by atomic mass is 9.91. The van der Waals surface area contributed by atoms with Crippen molar-refractivity contribution < 1.29 is 14.3 Å². The Balaban J connectivity index is 1.86. The van der Waals surface area contributed by atoms with Gasteiger partial charge >= 0.3 is 11.9 Å². The predicted molar refractivity (Wildman–Crippen MR) is 89.4 cm³/mol. The van der Waals surface area contributed by atoms with Crippen LogP contribution in [0.2, 0.25) is 0 Å². The molecule has 1 aliphatic heterocycles. The van der Waals surface area contributed by atoms with Crippen LogP contribution in [0.25, 0.3) is 0 Å². The van der Waals surface area contributed by atoms with Gasteiger partial charge in [-0.05, 0) is 6.42 Å². The zero-order valence-electron chi connectivity index (χ0n) is 14.6. The number of hydrogen-bond acceptors (Lipinski definition) is 3. The van der Waals surface area contributed by atoms with Crippen LogP contribution < -0.4 is 0 Å². The molecule has 0 saturated carbocycles. The summed E-state index contributed by atoms with van der Waals surface area (Å²) in [6.45, 7) is 4.06. The molecule has 0 aromatic rings. The molecule has 3 nitrogen and oxygen atoms in total. The average Bonchev–Trinajstić information content (AvgIpc) is 2.74. The highest BCUT2D eigenvalue weighted by molar-refractivity contribution is 5.96. The van der Waals surface area contributed by atoms with Crippen molar-refractivity contribution in [2.45, 2.75) is 97.3 Å². The summed E-state index contributed by atoms with van der Waals surface area (Å²) in [6.07, 6.45) is 16.6. The summed E-state index contributed by atoms with van der Waals surface area (Å²) < 4.78 is 4.67. The number of ether oxygens (including phenoxy) is 1. The van der Waals surface area contributed by atoms with Crippen LogP contribution in [0.5, 0.6) is 0 Å². The molecule has 2 unspecified atom stereocenters. The summed E-state index contributed by atoms with van der Waals surface area (Å²) in [7, 11) is 0. The summed E-state index contributed by atoms with van der Waals surface area (Å²) in [6, 6.07) is 0. The molecule has 0 aliphatic carbocycles. The van der Waals surface area contributed by atoms with Crippen LogP contribution in [0, 0.1) is 11.8 Å². The Bertz CT molecular complexity index is 325. The summed E-state index contributed by atoms with van der Waals surface area (Å²) in [5.41, 5.74) is 0. The van der Waals surface area contributed by atoms with Crippen molar-refractivity contribution in [3.8, 4) is 0 Å². The van der Waals surface area contributed by atoms with E-state index in [-0.39, 0.29) is 23.8 Å². The van der Waals surface area contributed by atoms with Crippen LogP contribution in [-0.4, -0.2) is 11.9 Å². The highest BCUT2D eigenvalue weighted by atomic mass is 16.6. The van der Waals surface area contributed by atoms with Gasteiger partial charge < -0.3 is 4.74 Å². The first-order valence-corrected chi connectivity index (χ1v) is 9.42. The molecule has 3 heteroatoms. The van der Waals surface area contributed by atoms with E-state index >= 15 is 0 Å². The van der Waals surface area contributed by atoms with Gasteiger partial charge in [0.05, 0.1) is 11.8 Å². The average molecular weight is 310 g/mol. The minimum absolute atomic E-state index is 0.185. The monoisotopic (exact) mass is 310 g/mol. The molecule has 0 bridgehead atoms. The lowest BCUT2D eigenvalue weighted by molar-refractivity contribution is -0.153. The van der Waals surface area contributed by atoms with Crippen molar-refractivity contribution in [3.63, 3.8) is 0 Å². The van der Waals surface area contributed by atoms with Crippen molar-refractivity contribution in [1.29, 1.82) is 0 Å². The van der Waals surface area contributed by atoms with Crippen molar-refractivity contribution in [2.24, 2.45) is 11.8 Å². The molecule has 1 heterocycles. The van der Waals surface area contributed by atoms with E-state index in [0.717, 1.165) is 12.8 Å². The van der Waals surface area contributed by atoms with Crippen molar-refractivity contribution in [3.05, 3.63) is 0 Å². The van der Waals surface area contributed by atoms with Crippen LogP contribution >= 0.6 is 0 Å². The van der Waals surface area contributed by atoms with Gasteiger partial charge in [0, 0.05) is 0 Å². The largest absolute Gasteiger partial charge is 0.393 e. The van der Waals surface area contributed by atoms with Crippen LogP contribution in [0.3, 0.4) is 0 Å². The fourth-order valence-electron chi connectivity index (χ4n) is 3.21. The normalized spacial score (nSPS) is 21.4. The molecule has 128 valence electrons. The highest BCUT2D eigenvalue weighted by Gasteiger charge is 2.40. The Labute approximate surface area is 136 Å². The van der Waals surface area contributed by atoms with Crippen LogP contribution in [0.4, 0.5) is 0 Å². The summed E-state index contributed by atoms with van der Waals surface area (Å²) >= 11 is 0. The number of esters is 2. The molecule has 1 saturated heterocycles. The summed E-state index contributed by atoms with van der Waals surface area (Å²) in [5.74, 6) is -1.06. The van der Waals surface area contributed by atoms with E-state index in [1.807, 2.05) is 0 Å². The predicted octanol–water partition coefficient (Wildman–Crippen LogP) is 5.41. The van der Waals surface area contributed by atoms with Gasteiger partial charge in [0.25, 0.3) is 0 Å². The van der Waals surface area contributed by atoms with E-state index in [9.17, 15) is 9.59 Å². The molecule has 1 aliphatic rings. The van der Waals surface area contributed by atoms with E-state index in [1.165, 1.54) is 70.6 Å².